The minimum atomic E-state index is -3.86. The average Bonchev–Trinajstić information content (AvgIpc) is 3.03. The van der Waals surface area contributed by atoms with Gasteiger partial charge in [0.05, 0.1) is 23.2 Å². The van der Waals surface area contributed by atoms with Crippen molar-refractivity contribution in [2.24, 2.45) is 10.6 Å². The molecule has 3 heterocycles. The molecule has 1 unspecified atom stereocenters. The van der Waals surface area contributed by atoms with E-state index < -0.39 is 38.9 Å². The van der Waals surface area contributed by atoms with Crippen molar-refractivity contribution >= 4 is 26.9 Å². The highest BCUT2D eigenvalue weighted by molar-refractivity contribution is 7.89. The highest BCUT2D eigenvalue weighted by Gasteiger charge is 2.30. The molecule has 0 fully saturated rings. The number of anilines is 1. The van der Waals surface area contributed by atoms with Gasteiger partial charge in [0, 0.05) is 23.2 Å². The second-order valence-corrected chi connectivity index (χ2v) is 9.63. The third-order valence-electron chi connectivity index (χ3n) is 4.60. The van der Waals surface area contributed by atoms with Gasteiger partial charge in [0.15, 0.2) is 11.6 Å². The SMILES string of the molecule is CC(C)(C)C(CS(N)(=O)=O)Nc1nc(-c2c[nH]c3ncc(F)cc23)c(C#N)cc1F. The number of rotatable bonds is 5. The number of nitrogens with one attached hydrogen (secondary N) is 2. The number of nitrogens with two attached hydrogens (primary N) is 1. The number of fused-ring (bicyclic) bond motifs is 1. The molecule has 3 aromatic heterocycles. The van der Waals surface area contributed by atoms with E-state index in [4.69, 9.17) is 5.14 Å². The molecule has 0 saturated carbocycles. The Morgan fingerprint density at radius 3 is 2.63 bits per heavy atom. The number of pyridine rings is 2. The Hall–Kier alpha value is -3.10. The van der Waals surface area contributed by atoms with E-state index in [9.17, 15) is 22.5 Å². The van der Waals surface area contributed by atoms with Gasteiger partial charge in [-0.05, 0) is 17.5 Å². The lowest BCUT2D eigenvalue weighted by Crippen LogP contribution is -2.42. The number of aromatic amines is 1. The predicted molar refractivity (Wildman–Crippen MR) is 109 cm³/mol. The van der Waals surface area contributed by atoms with E-state index in [-0.39, 0.29) is 17.1 Å². The summed E-state index contributed by atoms with van der Waals surface area (Å²) in [7, 11) is -3.86. The van der Waals surface area contributed by atoms with Gasteiger partial charge >= 0.3 is 0 Å². The lowest BCUT2D eigenvalue weighted by molar-refractivity contribution is 0.358. The van der Waals surface area contributed by atoms with Gasteiger partial charge in [-0.25, -0.2) is 32.3 Å². The predicted octanol–water partition coefficient (Wildman–Crippen LogP) is 2.89. The number of hydrogen-bond acceptors (Lipinski definition) is 6. The number of nitrogens with zero attached hydrogens (tertiary/aromatic N) is 3. The molecule has 0 aliphatic heterocycles. The fraction of sp³-hybridized carbons (Fsp3) is 0.316. The summed E-state index contributed by atoms with van der Waals surface area (Å²) in [6.45, 7) is 5.31. The van der Waals surface area contributed by atoms with Gasteiger partial charge in [-0.15, -0.1) is 0 Å². The zero-order valence-electron chi connectivity index (χ0n) is 16.5. The van der Waals surface area contributed by atoms with E-state index >= 15 is 0 Å². The second-order valence-electron chi connectivity index (χ2n) is 7.97. The number of H-pyrrole nitrogens is 1. The van der Waals surface area contributed by atoms with Gasteiger partial charge in [0.25, 0.3) is 0 Å². The number of aromatic nitrogens is 3. The third kappa shape index (κ3) is 4.55. The van der Waals surface area contributed by atoms with E-state index in [1.807, 2.05) is 6.07 Å². The Kier molecular flexibility index (Phi) is 5.49. The molecule has 0 saturated heterocycles. The van der Waals surface area contributed by atoms with Crippen LogP contribution in [-0.2, 0) is 10.0 Å². The maximum atomic E-state index is 14.7. The van der Waals surface area contributed by atoms with E-state index in [2.05, 4.69) is 20.3 Å². The summed E-state index contributed by atoms with van der Waals surface area (Å²) in [4.78, 5) is 11.0. The first-order valence-electron chi connectivity index (χ1n) is 8.89. The molecule has 0 aliphatic rings. The summed E-state index contributed by atoms with van der Waals surface area (Å²) < 4.78 is 51.6. The topological polar surface area (TPSA) is 138 Å². The summed E-state index contributed by atoms with van der Waals surface area (Å²) in [5, 5.41) is 17.8. The second kappa shape index (κ2) is 7.62. The van der Waals surface area contributed by atoms with Crippen LogP contribution in [0.2, 0.25) is 0 Å². The van der Waals surface area contributed by atoms with Crippen LogP contribution in [0.5, 0.6) is 0 Å². The van der Waals surface area contributed by atoms with Crippen LogP contribution in [-0.4, -0.2) is 35.2 Å². The minimum Gasteiger partial charge on any atom is -0.363 e. The average molecular weight is 434 g/mol. The largest absolute Gasteiger partial charge is 0.363 e. The maximum absolute atomic E-state index is 14.7. The van der Waals surface area contributed by atoms with Crippen molar-refractivity contribution in [2.45, 2.75) is 26.8 Å². The quantitative estimate of drug-likeness (QED) is 0.565. The number of nitriles is 1. The molecular formula is C19H20F2N6O2S. The first-order chi connectivity index (χ1) is 13.9. The highest BCUT2D eigenvalue weighted by Crippen LogP contribution is 2.32. The maximum Gasteiger partial charge on any atom is 0.211 e. The summed E-state index contributed by atoms with van der Waals surface area (Å²) >= 11 is 0. The molecule has 4 N–H and O–H groups in total. The van der Waals surface area contributed by atoms with Gasteiger partial charge in [-0.3, -0.25) is 0 Å². The number of sulfonamides is 1. The van der Waals surface area contributed by atoms with Crippen molar-refractivity contribution < 1.29 is 17.2 Å². The number of hydrogen-bond donors (Lipinski definition) is 3. The Morgan fingerprint density at radius 1 is 1.33 bits per heavy atom. The van der Waals surface area contributed by atoms with Crippen molar-refractivity contribution in [3.63, 3.8) is 0 Å². The first kappa shape index (κ1) is 21.6. The van der Waals surface area contributed by atoms with E-state index in [0.717, 1.165) is 12.3 Å². The Labute approximate surface area is 172 Å². The van der Waals surface area contributed by atoms with Crippen LogP contribution >= 0.6 is 0 Å². The van der Waals surface area contributed by atoms with Crippen LogP contribution < -0.4 is 10.5 Å². The van der Waals surface area contributed by atoms with E-state index in [1.165, 1.54) is 12.3 Å². The molecule has 158 valence electrons. The molecule has 0 aromatic carbocycles. The molecule has 0 radical (unpaired) electrons. The smallest absolute Gasteiger partial charge is 0.211 e. The van der Waals surface area contributed by atoms with Crippen molar-refractivity contribution in [3.05, 3.63) is 41.7 Å². The van der Waals surface area contributed by atoms with Gasteiger partial charge in [-0.2, -0.15) is 5.26 Å². The summed E-state index contributed by atoms with van der Waals surface area (Å²) in [6, 6.07) is 3.33. The monoisotopic (exact) mass is 434 g/mol. The van der Waals surface area contributed by atoms with Crippen LogP contribution in [0.4, 0.5) is 14.6 Å². The fourth-order valence-corrected chi connectivity index (χ4v) is 4.01. The fourth-order valence-electron chi connectivity index (χ4n) is 2.96. The number of primary sulfonamides is 1. The molecule has 0 spiro atoms. The number of halogens is 2. The minimum absolute atomic E-state index is 0.0676. The Balaban J connectivity index is 2.14. The van der Waals surface area contributed by atoms with Crippen molar-refractivity contribution in [1.82, 2.24) is 15.0 Å². The van der Waals surface area contributed by atoms with Crippen LogP contribution in [0.15, 0.2) is 24.5 Å². The van der Waals surface area contributed by atoms with E-state index in [0.29, 0.717) is 16.6 Å². The van der Waals surface area contributed by atoms with E-state index in [1.54, 1.807) is 20.8 Å². The standard InChI is InChI=1S/C19H20F2N6O2S/c1-19(2,3)15(9-30(23,28)29)26-18-14(21)4-10(6-22)16(27-18)13-8-25-17-12(13)5-11(20)7-24-17/h4-5,7-8,15H,9H2,1-3H3,(H,24,25)(H,26,27)(H2,23,28,29). The van der Waals surface area contributed by atoms with Crippen LogP contribution in [0.1, 0.15) is 26.3 Å². The molecule has 3 rings (SSSR count). The Bertz CT molecular complexity index is 1260. The lowest BCUT2D eigenvalue weighted by Gasteiger charge is -2.31. The molecule has 0 amide bonds. The van der Waals surface area contributed by atoms with Gasteiger partial charge in [-0.1, -0.05) is 20.8 Å². The first-order valence-corrected chi connectivity index (χ1v) is 10.6. The molecule has 1 atom stereocenters. The zero-order valence-corrected chi connectivity index (χ0v) is 17.3. The molecular weight excluding hydrogens is 414 g/mol. The van der Waals surface area contributed by atoms with Gasteiger partial charge in [0.2, 0.25) is 10.0 Å². The third-order valence-corrected chi connectivity index (χ3v) is 5.40. The van der Waals surface area contributed by atoms with Crippen LogP contribution in [0.25, 0.3) is 22.3 Å². The van der Waals surface area contributed by atoms with Crippen molar-refractivity contribution in [3.8, 4) is 17.3 Å². The van der Waals surface area contributed by atoms with Gasteiger partial charge in [0.1, 0.15) is 17.5 Å². The summed E-state index contributed by atoms with van der Waals surface area (Å²) in [5.74, 6) is -2.10. The van der Waals surface area contributed by atoms with Gasteiger partial charge < -0.3 is 10.3 Å². The zero-order chi connectivity index (χ0) is 22.3. The molecule has 11 heteroatoms. The molecule has 0 aliphatic carbocycles. The molecule has 8 nitrogen and oxygen atoms in total. The summed E-state index contributed by atoms with van der Waals surface area (Å²) in [6.07, 6.45) is 2.54. The molecule has 30 heavy (non-hydrogen) atoms. The van der Waals surface area contributed by atoms with Crippen LogP contribution in [0, 0.1) is 28.4 Å². The summed E-state index contributed by atoms with van der Waals surface area (Å²) in [5.41, 5.74) is 0.154. The molecule has 3 aromatic rings. The lowest BCUT2D eigenvalue weighted by atomic mass is 9.88. The van der Waals surface area contributed by atoms with Crippen molar-refractivity contribution in [2.75, 3.05) is 11.1 Å². The Morgan fingerprint density at radius 2 is 2.03 bits per heavy atom. The normalized spacial score (nSPS) is 13.2. The highest BCUT2D eigenvalue weighted by atomic mass is 32.2. The molecule has 0 bridgehead atoms. The van der Waals surface area contributed by atoms with Crippen LogP contribution in [0.3, 0.4) is 0 Å². The van der Waals surface area contributed by atoms with Crippen molar-refractivity contribution in [1.29, 1.82) is 5.26 Å².